The summed E-state index contributed by atoms with van der Waals surface area (Å²) in [4.78, 5) is 28.0. The molecular formula is C25H26F6N2O4. The topological polar surface area (TPSA) is 59.1 Å². The number of fused-ring (bicyclic) bond motifs is 1. The molecule has 0 bridgehead atoms. The summed E-state index contributed by atoms with van der Waals surface area (Å²) in [5.74, 6) is 0. The number of hydrogen-bond acceptors (Lipinski definition) is 4. The van der Waals surface area contributed by atoms with Crippen molar-refractivity contribution >= 4 is 17.9 Å². The maximum atomic E-state index is 13.4. The number of methoxy groups -OCH3 is 1. The van der Waals surface area contributed by atoms with E-state index in [9.17, 15) is 35.9 Å². The van der Waals surface area contributed by atoms with Crippen LogP contribution >= 0.6 is 0 Å². The molecule has 37 heavy (non-hydrogen) atoms. The minimum absolute atomic E-state index is 0.0323. The monoisotopic (exact) mass is 532 g/mol. The molecule has 0 saturated carbocycles. The van der Waals surface area contributed by atoms with Gasteiger partial charge in [-0.2, -0.15) is 26.3 Å². The third-order valence-corrected chi connectivity index (χ3v) is 6.06. The molecule has 0 aromatic heterocycles. The summed E-state index contributed by atoms with van der Waals surface area (Å²) < 4.78 is 90.5. The number of aryl methyl sites for hydroxylation is 1. The number of rotatable bonds is 4. The normalized spacial score (nSPS) is 17.7. The van der Waals surface area contributed by atoms with Gasteiger partial charge in [0.15, 0.2) is 0 Å². The lowest BCUT2D eigenvalue weighted by molar-refractivity contribution is -0.143. The number of amides is 2. The second kappa shape index (κ2) is 10.5. The van der Waals surface area contributed by atoms with Crippen LogP contribution in [0.4, 0.5) is 41.6 Å². The van der Waals surface area contributed by atoms with Crippen molar-refractivity contribution in [2.45, 2.75) is 58.2 Å². The Kier molecular flexibility index (Phi) is 7.99. The minimum atomic E-state index is -5.03. The van der Waals surface area contributed by atoms with E-state index in [1.165, 1.54) is 4.90 Å². The number of carbonyl (C=O) groups excluding carboxylic acids is 2. The molecule has 0 fully saturated rings. The zero-order chi connectivity index (χ0) is 27.7. The van der Waals surface area contributed by atoms with E-state index in [2.05, 4.69) is 0 Å². The third kappa shape index (κ3) is 6.11. The average Bonchev–Trinajstić information content (AvgIpc) is 2.80. The molecule has 2 atom stereocenters. The molecule has 2 aromatic carbocycles. The van der Waals surface area contributed by atoms with Gasteiger partial charge in [0.05, 0.1) is 36.6 Å². The molecule has 2 amide bonds. The SMILES string of the molecule is CCOC(=O)N1c2ccc(C)cc2[C@H](N(Cc2cc(C(F)(F)F)cc(C(F)(F)F)c2)C(=O)OC)C[C@@H]1C. The highest BCUT2D eigenvalue weighted by Crippen LogP contribution is 2.43. The maximum absolute atomic E-state index is 13.4. The molecule has 1 aliphatic rings. The lowest BCUT2D eigenvalue weighted by atomic mass is 9.89. The van der Waals surface area contributed by atoms with Crippen molar-refractivity contribution < 1.29 is 45.4 Å². The van der Waals surface area contributed by atoms with Crippen molar-refractivity contribution in [2.75, 3.05) is 18.6 Å². The van der Waals surface area contributed by atoms with E-state index in [1.54, 1.807) is 39.0 Å². The molecule has 0 N–H and O–H groups in total. The third-order valence-electron chi connectivity index (χ3n) is 6.06. The van der Waals surface area contributed by atoms with Gasteiger partial charge in [0.25, 0.3) is 0 Å². The smallest absolute Gasteiger partial charge is 0.416 e. The Morgan fingerprint density at radius 3 is 2.14 bits per heavy atom. The van der Waals surface area contributed by atoms with Crippen LogP contribution in [0.25, 0.3) is 0 Å². The lowest BCUT2D eigenvalue weighted by Gasteiger charge is -2.42. The molecule has 0 aliphatic carbocycles. The van der Waals surface area contributed by atoms with E-state index < -0.39 is 54.3 Å². The van der Waals surface area contributed by atoms with Crippen LogP contribution in [0.2, 0.25) is 0 Å². The van der Waals surface area contributed by atoms with Gasteiger partial charge >= 0.3 is 24.5 Å². The van der Waals surface area contributed by atoms with E-state index in [1.807, 2.05) is 0 Å². The molecule has 0 radical (unpaired) electrons. The quantitative estimate of drug-likeness (QED) is 0.394. The van der Waals surface area contributed by atoms with Crippen LogP contribution < -0.4 is 4.90 Å². The van der Waals surface area contributed by atoms with Gasteiger partial charge in [0.1, 0.15) is 0 Å². The van der Waals surface area contributed by atoms with Crippen molar-refractivity contribution in [2.24, 2.45) is 0 Å². The average molecular weight is 532 g/mol. The first-order chi connectivity index (χ1) is 17.2. The van der Waals surface area contributed by atoms with Crippen LogP contribution in [0.15, 0.2) is 36.4 Å². The van der Waals surface area contributed by atoms with E-state index in [-0.39, 0.29) is 24.7 Å². The number of benzene rings is 2. The number of ether oxygens (including phenoxy) is 2. The summed E-state index contributed by atoms with van der Waals surface area (Å²) in [6.07, 6.45) is -11.5. The van der Waals surface area contributed by atoms with E-state index in [4.69, 9.17) is 9.47 Å². The Morgan fingerprint density at radius 1 is 1.03 bits per heavy atom. The Morgan fingerprint density at radius 2 is 1.62 bits per heavy atom. The first-order valence-electron chi connectivity index (χ1n) is 11.4. The van der Waals surface area contributed by atoms with Crippen molar-refractivity contribution in [1.29, 1.82) is 0 Å². The van der Waals surface area contributed by atoms with Crippen LogP contribution in [0, 0.1) is 6.92 Å². The molecule has 0 unspecified atom stereocenters. The molecule has 1 heterocycles. The summed E-state index contributed by atoms with van der Waals surface area (Å²) >= 11 is 0. The number of alkyl halides is 6. The Labute approximate surface area is 209 Å². The van der Waals surface area contributed by atoms with Crippen LogP contribution in [0.3, 0.4) is 0 Å². The summed E-state index contributed by atoms with van der Waals surface area (Å²) in [5, 5.41) is 0. The second-order valence-electron chi connectivity index (χ2n) is 8.74. The highest BCUT2D eigenvalue weighted by atomic mass is 19.4. The van der Waals surface area contributed by atoms with Crippen LogP contribution in [-0.2, 0) is 28.4 Å². The molecule has 1 aliphatic heterocycles. The summed E-state index contributed by atoms with van der Waals surface area (Å²) in [6.45, 7) is 4.65. The summed E-state index contributed by atoms with van der Waals surface area (Å²) in [5.41, 5.74) is -1.67. The zero-order valence-electron chi connectivity index (χ0n) is 20.5. The number of carbonyl (C=O) groups is 2. The molecule has 2 aromatic rings. The largest absolute Gasteiger partial charge is 0.453 e. The highest BCUT2D eigenvalue weighted by molar-refractivity contribution is 5.90. The minimum Gasteiger partial charge on any atom is -0.453 e. The Hall–Kier alpha value is -3.44. The van der Waals surface area contributed by atoms with E-state index >= 15 is 0 Å². The number of hydrogen-bond donors (Lipinski definition) is 0. The van der Waals surface area contributed by atoms with Gasteiger partial charge < -0.3 is 9.47 Å². The fraction of sp³-hybridized carbons (Fsp3) is 0.440. The van der Waals surface area contributed by atoms with E-state index in [0.29, 0.717) is 23.4 Å². The van der Waals surface area contributed by atoms with E-state index in [0.717, 1.165) is 17.6 Å². The second-order valence-corrected chi connectivity index (χ2v) is 8.74. The van der Waals surface area contributed by atoms with Crippen LogP contribution in [-0.4, -0.2) is 36.8 Å². The first-order valence-corrected chi connectivity index (χ1v) is 11.4. The molecule has 0 saturated heterocycles. The van der Waals surface area contributed by atoms with Gasteiger partial charge in [0.2, 0.25) is 0 Å². The summed E-state index contributed by atoms with van der Waals surface area (Å²) in [6, 6.07) is 4.98. The number of nitrogens with zero attached hydrogens (tertiary/aromatic N) is 2. The Balaban J connectivity index is 2.12. The van der Waals surface area contributed by atoms with Gasteiger partial charge in [0, 0.05) is 12.6 Å². The highest BCUT2D eigenvalue weighted by Gasteiger charge is 2.41. The fourth-order valence-electron chi connectivity index (χ4n) is 4.45. The molecule has 3 rings (SSSR count). The van der Waals surface area contributed by atoms with Gasteiger partial charge in [-0.15, -0.1) is 0 Å². The van der Waals surface area contributed by atoms with Crippen molar-refractivity contribution in [3.8, 4) is 0 Å². The van der Waals surface area contributed by atoms with Gasteiger partial charge in [-0.05, 0) is 62.6 Å². The number of anilines is 1. The van der Waals surface area contributed by atoms with Gasteiger partial charge in [-0.25, -0.2) is 9.59 Å². The van der Waals surface area contributed by atoms with Crippen LogP contribution in [0.5, 0.6) is 0 Å². The van der Waals surface area contributed by atoms with Crippen molar-refractivity contribution in [3.63, 3.8) is 0 Å². The first kappa shape index (κ1) is 28.1. The molecule has 12 heteroatoms. The predicted molar refractivity (Wildman–Crippen MR) is 122 cm³/mol. The van der Waals surface area contributed by atoms with Crippen molar-refractivity contribution in [3.05, 3.63) is 64.2 Å². The Bertz CT molecular complexity index is 1130. The van der Waals surface area contributed by atoms with Gasteiger partial charge in [-0.3, -0.25) is 9.80 Å². The lowest BCUT2D eigenvalue weighted by Crippen LogP contribution is -2.47. The fourth-order valence-corrected chi connectivity index (χ4v) is 4.45. The summed E-state index contributed by atoms with van der Waals surface area (Å²) in [7, 11) is 1.07. The maximum Gasteiger partial charge on any atom is 0.416 e. The van der Waals surface area contributed by atoms with Gasteiger partial charge in [-0.1, -0.05) is 17.7 Å². The molecule has 6 nitrogen and oxygen atoms in total. The molecular weight excluding hydrogens is 506 g/mol. The number of halogens is 6. The predicted octanol–water partition coefficient (Wildman–Crippen LogP) is 7.10. The standard InChI is InChI=1S/C25H26F6N2O4/c1-5-37-23(35)33-15(3)9-21(19-8-14(2)6-7-20(19)33)32(22(34)36-4)13-16-10-17(24(26,27)28)12-18(11-16)25(29,30)31/h6-8,10-12,15,21H,5,9,13H2,1-4H3/t15-,21+/m0/s1. The zero-order valence-corrected chi connectivity index (χ0v) is 20.5. The van der Waals surface area contributed by atoms with Crippen molar-refractivity contribution in [1.82, 2.24) is 4.90 Å². The molecule has 202 valence electrons. The van der Waals surface area contributed by atoms with Crippen LogP contribution in [0.1, 0.15) is 54.1 Å². The molecule has 0 spiro atoms.